The first-order valence-electron chi connectivity index (χ1n) is 23.0. The molecule has 0 bridgehead atoms. The van der Waals surface area contributed by atoms with Gasteiger partial charge < -0.3 is 14.2 Å². The van der Waals surface area contributed by atoms with Crippen LogP contribution in [0.25, 0.3) is 0 Å². The van der Waals surface area contributed by atoms with Crippen molar-refractivity contribution in [1.82, 2.24) is 0 Å². The van der Waals surface area contributed by atoms with E-state index in [-0.39, 0.29) is 50.4 Å². The van der Waals surface area contributed by atoms with Gasteiger partial charge in [0.15, 0.2) is 6.10 Å². The van der Waals surface area contributed by atoms with Gasteiger partial charge in [0.05, 0.1) is 0 Å². The Bertz CT molecular complexity index is 1410. The Labute approximate surface area is 366 Å². The maximum atomic E-state index is 12.7. The first kappa shape index (κ1) is 55.3. The van der Waals surface area contributed by atoms with Crippen LogP contribution in [-0.2, 0) is 28.6 Å². The predicted molar refractivity (Wildman–Crippen MR) is 255 cm³/mol. The first-order chi connectivity index (χ1) is 29.5. The minimum absolute atomic E-state index is 0.128. The number of ether oxygens (including phenoxy) is 3. The second-order valence-electron chi connectivity index (χ2n) is 14.4. The zero-order chi connectivity index (χ0) is 43.7. The maximum absolute atomic E-state index is 12.7. The second-order valence-corrected chi connectivity index (χ2v) is 14.4. The van der Waals surface area contributed by atoms with Gasteiger partial charge in [-0.15, -0.1) is 0 Å². The average Bonchev–Trinajstić information content (AvgIpc) is 3.24. The van der Waals surface area contributed by atoms with Crippen LogP contribution in [0.4, 0.5) is 0 Å². The van der Waals surface area contributed by atoms with E-state index < -0.39 is 6.10 Å². The molecular formula is C54H80O6. The van der Waals surface area contributed by atoms with Crippen molar-refractivity contribution in [3.63, 3.8) is 0 Å². The predicted octanol–water partition coefficient (Wildman–Crippen LogP) is 14.9. The van der Waals surface area contributed by atoms with E-state index in [2.05, 4.69) is 99.8 Å². The minimum Gasteiger partial charge on any atom is -0.462 e. The number of hydrogen-bond acceptors (Lipinski definition) is 6. The quantitative estimate of drug-likeness (QED) is 0.0203. The van der Waals surface area contributed by atoms with Crippen molar-refractivity contribution in [2.24, 2.45) is 0 Å². The van der Waals surface area contributed by atoms with Crippen molar-refractivity contribution in [3.8, 4) is 0 Å². The molecule has 0 aliphatic heterocycles. The van der Waals surface area contributed by atoms with E-state index in [1.807, 2.05) is 66.8 Å². The normalized spacial score (nSPS) is 13.4. The Balaban J connectivity index is 4.60. The van der Waals surface area contributed by atoms with Crippen molar-refractivity contribution in [3.05, 3.63) is 146 Å². The highest BCUT2D eigenvalue weighted by atomic mass is 16.6. The third kappa shape index (κ3) is 44.4. The summed E-state index contributed by atoms with van der Waals surface area (Å²) in [6, 6.07) is 0. The van der Waals surface area contributed by atoms with Crippen LogP contribution in [0.15, 0.2) is 146 Å². The lowest BCUT2D eigenvalue weighted by molar-refractivity contribution is -0.167. The lowest BCUT2D eigenvalue weighted by Crippen LogP contribution is -2.30. The van der Waals surface area contributed by atoms with Gasteiger partial charge in [0.1, 0.15) is 13.2 Å². The van der Waals surface area contributed by atoms with Crippen LogP contribution in [0, 0.1) is 0 Å². The molecule has 0 aromatic heterocycles. The molecule has 0 radical (unpaired) electrons. The molecule has 60 heavy (non-hydrogen) atoms. The van der Waals surface area contributed by atoms with E-state index in [4.69, 9.17) is 14.2 Å². The molecule has 0 aliphatic carbocycles. The monoisotopic (exact) mass is 825 g/mol. The summed E-state index contributed by atoms with van der Waals surface area (Å²) < 4.78 is 16.6. The number of carbonyl (C=O) groups excluding carboxylic acids is 3. The molecule has 0 fully saturated rings. The third-order valence-corrected chi connectivity index (χ3v) is 8.79. The highest BCUT2D eigenvalue weighted by Gasteiger charge is 2.19. The lowest BCUT2D eigenvalue weighted by atomic mass is 10.1. The molecule has 0 saturated carbocycles. The van der Waals surface area contributed by atoms with Gasteiger partial charge in [-0.1, -0.05) is 192 Å². The highest BCUT2D eigenvalue weighted by molar-refractivity contribution is 5.71. The summed E-state index contributed by atoms with van der Waals surface area (Å²) in [6.45, 7) is 6.10. The summed E-state index contributed by atoms with van der Waals surface area (Å²) in [5.74, 6) is -1.05. The molecule has 0 N–H and O–H groups in total. The van der Waals surface area contributed by atoms with Crippen LogP contribution in [0.3, 0.4) is 0 Å². The zero-order valence-corrected chi connectivity index (χ0v) is 37.6. The van der Waals surface area contributed by atoms with Crippen molar-refractivity contribution < 1.29 is 28.6 Å². The molecule has 0 aromatic rings. The number of carbonyl (C=O) groups is 3. The largest absolute Gasteiger partial charge is 0.462 e. The number of allylic oxidation sites excluding steroid dienone is 24. The third-order valence-electron chi connectivity index (χ3n) is 8.79. The smallest absolute Gasteiger partial charge is 0.306 e. The molecule has 0 saturated heterocycles. The maximum Gasteiger partial charge on any atom is 0.306 e. The van der Waals surface area contributed by atoms with E-state index in [1.54, 1.807) is 0 Å². The lowest BCUT2D eigenvalue weighted by Gasteiger charge is -2.18. The Morgan fingerprint density at radius 3 is 1.18 bits per heavy atom. The van der Waals surface area contributed by atoms with Crippen molar-refractivity contribution in [2.75, 3.05) is 13.2 Å². The average molecular weight is 825 g/mol. The number of rotatable bonds is 38. The Morgan fingerprint density at radius 2 is 0.683 bits per heavy atom. The molecule has 1 unspecified atom stereocenters. The van der Waals surface area contributed by atoms with Crippen LogP contribution in [-0.4, -0.2) is 37.2 Å². The van der Waals surface area contributed by atoms with E-state index in [1.165, 1.54) is 0 Å². The summed E-state index contributed by atoms with van der Waals surface area (Å²) >= 11 is 0. The van der Waals surface area contributed by atoms with E-state index in [0.717, 1.165) is 103 Å². The van der Waals surface area contributed by atoms with Crippen LogP contribution in [0.2, 0.25) is 0 Å². The number of unbranched alkanes of at least 4 members (excludes halogenated alkanes) is 10. The minimum atomic E-state index is -0.828. The molecule has 0 amide bonds. The number of hydrogen-bond donors (Lipinski definition) is 0. The van der Waals surface area contributed by atoms with Gasteiger partial charge in [0.25, 0.3) is 0 Å². The zero-order valence-electron chi connectivity index (χ0n) is 37.6. The van der Waals surface area contributed by atoms with E-state index in [0.29, 0.717) is 12.8 Å². The van der Waals surface area contributed by atoms with Gasteiger partial charge in [-0.2, -0.15) is 0 Å². The molecule has 0 aromatic carbocycles. The topological polar surface area (TPSA) is 78.9 Å². The molecule has 0 rings (SSSR count). The van der Waals surface area contributed by atoms with Gasteiger partial charge in [-0.3, -0.25) is 14.4 Å². The van der Waals surface area contributed by atoms with Gasteiger partial charge >= 0.3 is 17.9 Å². The Kier molecular flexibility index (Phi) is 43.3. The fraction of sp³-hybridized carbons (Fsp3) is 0.500. The van der Waals surface area contributed by atoms with Gasteiger partial charge in [0.2, 0.25) is 0 Å². The number of esters is 3. The van der Waals surface area contributed by atoms with Gasteiger partial charge in [-0.25, -0.2) is 0 Å². The van der Waals surface area contributed by atoms with Crippen LogP contribution >= 0.6 is 0 Å². The molecule has 0 heterocycles. The van der Waals surface area contributed by atoms with E-state index in [9.17, 15) is 14.4 Å². The molecule has 0 spiro atoms. The van der Waals surface area contributed by atoms with Crippen LogP contribution < -0.4 is 0 Å². The van der Waals surface area contributed by atoms with Crippen LogP contribution in [0.5, 0.6) is 0 Å². The second kappa shape index (κ2) is 47.0. The van der Waals surface area contributed by atoms with Gasteiger partial charge in [0, 0.05) is 19.3 Å². The molecule has 0 aliphatic rings. The fourth-order valence-electron chi connectivity index (χ4n) is 5.43. The van der Waals surface area contributed by atoms with E-state index >= 15 is 0 Å². The molecule has 6 nitrogen and oxygen atoms in total. The Morgan fingerprint density at radius 1 is 0.350 bits per heavy atom. The van der Waals surface area contributed by atoms with Crippen molar-refractivity contribution in [2.45, 2.75) is 162 Å². The highest BCUT2D eigenvalue weighted by Crippen LogP contribution is 2.11. The molecule has 6 heteroatoms. The molecule has 1 atom stereocenters. The summed E-state index contributed by atoms with van der Waals surface area (Å²) in [5.41, 5.74) is 0. The molecule has 332 valence electrons. The van der Waals surface area contributed by atoms with Crippen molar-refractivity contribution >= 4 is 17.9 Å². The fourth-order valence-corrected chi connectivity index (χ4v) is 5.43. The summed E-state index contributed by atoms with van der Waals surface area (Å²) in [5, 5.41) is 0. The van der Waals surface area contributed by atoms with Gasteiger partial charge in [-0.05, 0) is 89.9 Å². The standard InChI is InChI=1S/C54H80O6/c1-4-7-10-13-16-19-22-25-26-27-28-30-32-35-38-41-44-47-53(56)59-50-51(49-58-52(55)46-43-40-37-34-31-24-21-18-15-12-9-6-3)60-54(57)48-45-42-39-36-33-29-23-20-17-14-11-8-5-2/h7-14,16-23,25-28,30-32,34,51H,4-6,15,24,29,33,35-50H2,1-3H3/b10-7-,11-8-,12-9-,16-13-,17-14-,21-18-,22-19-,23-20-,26-25-,28-27+,32-30-,34-31-. The van der Waals surface area contributed by atoms with Crippen molar-refractivity contribution in [1.29, 1.82) is 0 Å². The summed E-state index contributed by atoms with van der Waals surface area (Å²) in [7, 11) is 0. The summed E-state index contributed by atoms with van der Waals surface area (Å²) in [6.07, 6.45) is 66.9. The molecular weight excluding hydrogens is 745 g/mol. The first-order valence-corrected chi connectivity index (χ1v) is 23.0. The Hall–Kier alpha value is -4.71. The summed E-state index contributed by atoms with van der Waals surface area (Å²) in [4.78, 5) is 37.8. The SMILES string of the molecule is CC\C=C/C=C\C=C/C=C\C=C\C=C/CCCCCC(=O)OCC(COC(=O)CCCC/C=C\C/C=C\C/C=C\CC)OC(=O)CCCCCCC\C=C/C=C\C=C/CC. The van der Waals surface area contributed by atoms with Crippen LogP contribution in [0.1, 0.15) is 156 Å².